The Morgan fingerprint density at radius 1 is 1.03 bits per heavy atom. The van der Waals surface area contributed by atoms with Crippen LogP contribution in [0, 0.1) is 6.92 Å². The fraction of sp³-hybridized carbons (Fsp3) is 0.346. The Morgan fingerprint density at radius 2 is 1.77 bits per heavy atom. The zero-order valence-corrected chi connectivity index (χ0v) is 22.0. The first kappa shape index (κ1) is 26.9. The number of aromatic nitrogens is 3. The molecule has 0 aliphatic carbocycles. The van der Waals surface area contributed by atoms with Crippen LogP contribution >= 0.6 is 23.1 Å². The van der Waals surface area contributed by atoms with Gasteiger partial charge in [-0.05, 0) is 62.3 Å². The highest BCUT2D eigenvalue weighted by Gasteiger charge is 2.27. The average molecular weight is 512 g/mol. The van der Waals surface area contributed by atoms with Gasteiger partial charge in [0.2, 0.25) is 0 Å². The number of aryl methyl sites for hydroxylation is 1. The predicted molar refractivity (Wildman–Crippen MR) is 149 cm³/mol. The number of thioether (sulfide) groups is 1. The zero-order chi connectivity index (χ0) is 22.8. The minimum atomic E-state index is 0. The van der Waals surface area contributed by atoms with E-state index in [9.17, 15) is 0 Å². The van der Waals surface area contributed by atoms with Crippen LogP contribution in [0.5, 0.6) is 0 Å². The van der Waals surface area contributed by atoms with Crippen LogP contribution < -0.4 is 9.80 Å². The number of rotatable bonds is 6. The number of hydrogen-bond donors (Lipinski definition) is 0. The van der Waals surface area contributed by atoms with Gasteiger partial charge in [-0.25, -0.2) is 15.0 Å². The smallest absolute Gasteiger partial charge is 0.150 e. The van der Waals surface area contributed by atoms with E-state index in [1.807, 2.05) is 6.20 Å². The highest BCUT2D eigenvalue weighted by atomic mass is 32.2. The van der Waals surface area contributed by atoms with Crippen LogP contribution in [0.1, 0.15) is 25.3 Å². The number of anilines is 2. The van der Waals surface area contributed by atoms with Crippen LogP contribution in [-0.2, 0) is 0 Å². The molecule has 0 atom stereocenters. The van der Waals surface area contributed by atoms with Crippen molar-refractivity contribution in [3.8, 4) is 11.1 Å². The molecule has 1 aliphatic heterocycles. The number of nitrogens with zero attached hydrogens (tertiary/aromatic N) is 5. The highest BCUT2D eigenvalue weighted by Crippen LogP contribution is 2.38. The minimum Gasteiger partial charge on any atom is -0.412 e. The number of thiophene rings is 1. The number of pyridine rings is 1. The van der Waals surface area contributed by atoms with Gasteiger partial charge in [-0.15, -0.1) is 23.1 Å². The number of benzene rings is 1. The third kappa shape index (κ3) is 5.43. The lowest BCUT2D eigenvalue weighted by atomic mass is 10.0. The highest BCUT2D eigenvalue weighted by molar-refractivity contribution is 7.98. The first-order chi connectivity index (χ1) is 16.2. The van der Waals surface area contributed by atoms with Crippen molar-refractivity contribution in [1.82, 2.24) is 15.0 Å². The molecule has 4 heterocycles. The molecule has 3 aromatic heterocycles. The van der Waals surface area contributed by atoms with Crippen LogP contribution in [0.4, 0.5) is 11.6 Å². The number of piperidine rings is 1. The normalized spacial score (nSPS) is 13.9. The summed E-state index contributed by atoms with van der Waals surface area (Å²) in [5, 5.41) is 2.23. The molecule has 0 amide bonds. The van der Waals surface area contributed by atoms with Crippen molar-refractivity contribution in [3.63, 3.8) is 0 Å². The second-order valence-electron chi connectivity index (χ2n) is 8.45. The van der Waals surface area contributed by atoms with Gasteiger partial charge in [0.1, 0.15) is 18.0 Å². The molecule has 186 valence electrons. The van der Waals surface area contributed by atoms with E-state index in [-0.39, 0.29) is 11.0 Å². The Hall–Kier alpha value is -2.72. The van der Waals surface area contributed by atoms with Gasteiger partial charge >= 0.3 is 0 Å². The summed E-state index contributed by atoms with van der Waals surface area (Å²) in [6.45, 7) is 7.29. The molecule has 1 saturated heterocycles. The lowest BCUT2D eigenvalue weighted by Gasteiger charge is -2.39. The summed E-state index contributed by atoms with van der Waals surface area (Å²) in [5.74, 6) is 2.16. The second kappa shape index (κ2) is 11.8. The van der Waals surface area contributed by atoms with Gasteiger partial charge in [-0.3, -0.25) is 0 Å². The molecule has 0 saturated carbocycles. The summed E-state index contributed by atoms with van der Waals surface area (Å²) in [7, 11) is 0. The van der Waals surface area contributed by atoms with Gasteiger partial charge in [0, 0.05) is 47.7 Å². The Bertz CT molecular complexity index is 1220. The van der Waals surface area contributed by atoms with Crippen LogP contribution in [0.25, 0.3) is 21.3 Å². The van der Waals surface area contributed by atoms with Gasteiger partial charge < -0.3 is 20.8 Å². The molecule has 5 rings (SSSR count). The molecule has 7 nitrogen and oxygen atoms in total. The standard InChI is InChI=1S/C26H29N5S2.2H2O/c1-4-31(20-11-13-30(14-12-20)23-10-5-18(2)15-27-23)26-25-24(28-17-29-26)22(16-33-25)19-6-8-21(32-3)9-7-19;;/h5-10,15-17,20H,4,11-14H2,1-3H3;2*1H2. The van der Waals surface area contributed by atoms with E-state index in [2.05, 4.69) is 76.7 Å². The molecular formula is C26H33N5O2S2. The van der Waals surface area contributed by atoms with E-state index in [0.717, 1.165) is 49.6 Å². The van der Waals surface area contributed by atoms with Crippen molar-refractivity contribution in [1.29, 1.82) is 0 Å². The summed E-state index contributed by atoms with van der Waals surface area (Å²) in [6.07, 6.45) is 8.00. The SMILES string of the molecule is CCN(c1ncnc2c(-c3ccc(SC)cc3)csc12)C1CCN(c2ccc(C)cn2)CC1.O.O. The Morgan fingerprint density at radius 3 is 2.40 bits per heavy atom. The lowest BCUT2D eigenvalue weighted by molar-refractivity contribution is 0.466. The van der Waals surface area contributed by atoms with E-state index in [0.29, 0.717) is 6.04 Å². The zero-order valence-electron chi connectivity index (χ0n) is 20.4. The molecule has 4 aromatic rings. The van der Waals surface area contributed by atoms with E-state index >= 15 is 0 Å². The van der Waals surface area contributed by atoms with Crippen molar-refractivity contribution >= 4 is 45.0 Å². The molecule has 0 spiro atoms. The molecule has 1 aliphatic rings. The quantitative estimate of drug-likeness (QED) is 0.349. The van der Waals surface area contributed by atoms with Crippen molar-refractivity contribution in [3.05, 3.63) is 59.9 Å². The van der Waals surface area contributed by atoms with Gasteiger partial charge in [-0.1, -0.05) is 18.2 Å². The Balaban J connectivity index is 0.00000171. The Labute approximate surface area is 214 Å². The predicted octanol–water partition coefficient (Wildman–Crippen LogP) is 4.63. The fourth-order valence-electron chi connectivity index (χ4n) is 4.65. The molecule has 1 aromatic carbocycles. The van der Waals surface area contributed by atoms with Gasteiger partial charge in [0.25, 0.3) is 0 Å². The second-order valence-corrected chi connectivity index (χ2v) is 10.2. The summed E-state index contributed by atoms with van der Waals surface area (Å²) in [6, 6.07) is 13.5. The van der Waals surface area contributed by atoms with E-state index in [1.165, 1.54) is 26.3 Å². The molecule has 0 radical (unpaired) electrons. The van der Waals surface area contributed by atoms with Crippen LogP contribution in [0.2, 0.25) is 0 Å². The molecule has 4 N–H and O–H groups in total. The maximum absolute atomic E-state index is 4.77. The topological polar surface area (TPSA) is 108 Å². The summed E-state index contributed by atoms with van der Waals surface area (Å²) < 4.78 is 1.19. The molecule has 1 fully saturated rings. The maximum Gasteiger partial charge on any atom is 0.150 e. The fourth-order valence-corrected chi connectivity index (χ4v) is 6.09. The molecule has 0 unspecified atom stereocenters. The molecule has 35 heavy (non-hydrogen) atoms. The van der Waals surface area contributed by atoms with E-state index in [4.69, 9.17) is 9.97 Å². The van der Waals surface area contributed by atoms with Crippen LogP contribution in [-0.4, -0.2) is 57.8 Å². The van der Waals surface area contributed by atoms with Crippen molar-refractivity contribution in [2.24, 2.45) is 0 Å². The van der Waals surface area contributed by atoms with Gasteiger partial charge in [-0.2, -0.15) is 0 Å². The molecular weight excluding hydrogens is 478 g/mol. The molecule has 0 bridgehead atoms. The summed E-state index contributed by atoms with van der Waals surface area (Å²) >= 11 is 3.53. The van der Waals surface area contributed by atoms with Crippen molar-refractivity contribution in [2.75, 3.05) is 35.7 Å². The molecule has 9 heteroatoms. The average Bonchev–Trinajstić information content (AvgIpc) is 3.30. The van der Waals surface area contributed by atoms with Crippen LogP contribution in [0.3, 0.4) is 0 Å². The van der Waals surface area contributed by atoms with Gasteiger partial charge in [0.15, 0.2) is 0 Å². The minimum absolute atomic E-state index is 0. The van der Waals surface area contributed by atoms with Gasteiger partial charge in [0.05, 0.1) is 10.2 Å². The Kier molecular flexibility index (Phi) is 9.07. The number of hydrogen-bond acceptors (Lipinski definition) is 7. The van der Waals surface area contributed by atoms with Crippen LogP contribution in [0.15, 0.2) is 59.2 Å². The third-order valence-electron chi connectivity index (χ3n) is 6.47. The largest absolute Gasteiger partial charge is 0.412 e. The first-order valence-corrected chi connectivity index (χ1v) is 13.6. The number of fused-ring (bicyclic) bond motifs is 1. The van der Waals surface area contributed by atoms with Crippen molar-refractivity contribution in [2.45, 2.75) is 37.6 Å². The van der Waals surface area contributed by atoms with E-state index in [1.54, 1.807) is 29.4 Å². The lowest BCUT2D eigenvalue weighted by Crippen LogP contribution is -2.45. The summed E-state index contributed by atoms with van der Waals surface area (Å²) in [5.41, 5.74) is 4.67. The summed E-state index contributed by atoms with van der Waals surface area (Å²) in [4.78, 5) is 20.3. The third-order valence-corrected chi connectivity index (χ3v) is 8.18. The monoisotopic (exact) mass is 511 g/mol. The maximum atomic E-state index is 4.77. The first-order valence-electron chi connectivity index (χ1n) is 11.5. The van der Waals surface area contributed by atoms with Crippen molar-refractivity contribution < 1.29 is 11.0 Å². The van der Waals surface area contributed by atoms with E-state index < -0.39 is 0 Å².